The van der Waals surface area contributed by atoms with Gasteiger partial charge in [0.2, 0.25) is 11.8 Å². The van der Waals surface area contributed by atoms with E-state index < -0.39 is 0 Å². The fourth-order valence-electron chi connectivity index (χ4n) is 3.39. The molecule has 0 saturated carbocycles. The zero-order valence-electron chi connectivity index (χ0n) is 15.4. The molecule has 0 unspecified atom stereocenters. The quantitative estimate of drug-likeness (QED) is 0.800. The zero-order valence-corrected chi connectivity index (χ0v) is 15.4. The van der Waals surface area contributed by atoms with E-state index in [4.69, 9.17) is 8.94 Å². The second kappa shape index (κ2) is 7.39. The molecule has 0 bridgehead atoms. The van der Waals surface area contributed by atoms with Crippen LogP contribution in [0.4, 0.5) is 0 Å². The first kappa shape index (κ1) is 17.7. The van der Waals surface area contributed by atoms with E-state index in [9.17, 15) is 4.79 Å². The average molecular weight is 346 g/mol. The van der Waals surface area contributed by atoms with Crippen molar-refractivity contribution in [3.05, 3.63) is 34.9 Å². The van der Waals surface area contributed by atoms with Gasteiger partial charge in [-0.15, -0.1) is 0 Å². The molecule has 0 aliphatic carbocycles. The molecule has 25 heavy (non-hydrogen) atoms. The number of likely N-dealkylation sites (tertiary alicyclic amines) is 1. The van der Waals surface area contributed by atoms with Crippen LogP contribution in [-0.2, 0) is 24.3 Å². The molecular weight excluding hydrogens is 320 g/mol. The molecule has 0 aromatic carbocycles. The summed E-state index contributed by atoms with van der Waals surface area (Å²) in [6.45, 7) is 10.6. The highest BCUT2D eigenvalue weighted by Crippen LogP contribution is 2.22. The molecule has 0 spiro atoms. The third-order valence-corrected chi connectivity index (χ3v) is 4.91. The Morgan fingerprint density at radius 2 is 2.24 bits per heavy atom. The Morgan fingerprint density at radius 3 is 2.84 bits per heavy atom. The lowest BCUT2D eigenvalue weighted by molar-refractivity contribution is -0.132. The summed E-state index contributed by atoms with van der Waals surface area (Å²) in [4.78, 5) is 20.7. The Bertz CT molecular complexity index is 717. The van der Waals surface area contributed by atoms with E-state index in [0.717, 1.165) is 55.3 Å². The number of carbonyl (C=O) groups is 1. The molecular formula is C18H26N4O3. The number of oxazole rings is 1. The maximum absolute atomic E-state index is 12.2. The fourth-order valence-corrected chi connectivity index (χ4v) is 3.39. The number of amides is 1. The molecule has 2 aromatic heterocycles. The Kier molecular flexibility index (Phi) is 5.22. The smallest absolute Gasteiger partial charge is 0.220 e. The summed E-state index contributed by atoms with van der Waals surface area (Å²) < 4.78 is 10.9. The van der Waals surface area contributed by atoms with Crippen molar-refractivity contribution in [1.29, 1.82) is 0 Å². The predicted molar refractivity (Wildman–Crippen MR) is 91.8 cm³/mol. The van der Waals surface area contributed by atoms with Gasteiger partial charge < -0.3 is 13.8 Å². The number of hydrogen-bond acceptors (Lipinski definition) is 6. The van der Waals surface area contributed by atoms with Gasteiger partial charge in [-0.2, -0.15) is 0 Å². The van der Waals surface area contributed by atoms with Crippen molar-refractivity contribution in [2.24, 2.45) is 0 Å². The van der Waals surface area contributed by atoms with Crippen LogP contribution in [-0.4, -0.2) is 45.0 Å². The van der Waals surface area contributed by atoms with E-state index in [1.807, 2.05) is 25.7 Å². The molecule has 7 nitrogen and oxygen atoms in total. The Morgan fingerprint density at radius 1 is 1.44 bits per heavy atom. The van der Waals surface area contributed by atoms with Gasteiger partial charge in [-0.25, -0.2) is 4.98 Å². The third-order valence-electron chi connectivity index (χ3n) is 4.91. The highest BCUT2D eigenvalue weighted by atomic mass is 16.5. The van der Waals surface area contributed by atoms with Gasteiger partial charge in [0.15, 0.2) is 0 Å². The molecule has 1 atom stereocenters. The first-order valence-electron chi connectivity index (χ1n) is 8.82. The van der Waals surface area contributed by atoms with Gasteiger partial charge in [0, 0.05) is 44.6 Å². The standard InChI is InChI=1S/C18H26N4O3/c1-5-16-8-19-18(24-16)11-22(14(4)23)15-6-7-21(9-15)10-17-12(2)20-25-13(17)3/h8,15H,5-7,9-11H2,1-4H3/t15-/m0/s1. The molecule has 0 N–H and O–H groups in total. The Labute approximate surface area is 148 Å². The summed E-state index contributed by atoms with van der Waals surface area (Å²) in [5.41, 5.74) is 2.09. The lowest BCUT2D eigenvalue weighted by atomic mass is 10.2. The fraction of sp³-hybridized carbons (Fsp3) is 0.611. The average Bonchev–Trinajstić information content (AvgIpc) is 3.29. The van der Waals surface area contributed by atoms with Crippen LogP contribution in [0.15, 0.2) is 15.1 Å². The summed E-state index contributed by atoms with van der Waals surface area (Å²) in [6.07, 6.45) is 3.50. The van der Waals surface area contributed by atoms with Gasteiger partial charge in [-0.05, 0) is 20.3 Å². The van der Waals surface area contributed by atoms with Crippen molar-refractivity contribution in [3.63, 3.8) is 0 Å². The van der Waals surface area contributed by atoms with Crippen molar-refractivity contribution in [3.8, 4) is 0 Å². The second-order valence-electron chi connectivity index (χ2n) is 6.70. The predicted octanol–water partition coefficient (Wildman–Crippen LogP) is 2.46. The summed E-state index contributed by atoms with van der Waals surface area (Å²) >= 11 is 0. The maximum Gasteiger partial charge on any atom is 0.220 e. The van der Waals surface area contributed by atoms with Crippen LogP contribution >= 0.6 is 0 Å². The van der Waals surface area contributed by atoms with Crippen LogP contribution in [0.25, 0.3) is 0 Å². The van der Waals surface area contributed by atoms with Crippen LogP contribution in [0.2, 0.25) is 0 Å². The summed E-state index contributed by atoms with van der Waals surface area (Å²) in [5, 5.41) is 4.02. The molecule has 1 aliphatic rings. The van der Waals surface area contributed by atoms with E-state index in [2.05, 4.69) is 15.0 Å². The zero-order chi connectivity index (χ0) is 18.0. The van der Waals surface area contributed by atoms with Crippen molar-refractivity contribution in [2.75, 3.05) is 13.1 Å². The maximum atomic E-state index is 12.2. The number of hydrogen-bond donors (Lipinski definition) is 0. The molecule has 3 heterocycles. The summed E-state index contributed by atoms with van der Waals surface area (Å²) in [5.74, 6) is 2.39. The molecule has 2 aromatic rings. The minimum Gasteiger partial charge on any atom is -0.444 e. The van der Waals surface area contributed by atoms with E-state index >= 15 is 0 Å². The number of aromatic nitrogens is 2. The van der Waals surface area contributed by atoms with E-state index in [1.54, 1.807) is 13.1 Å². The highest BCUT2D eigenvalue weighted by molar-refractivity contribution is 5.73. The number of nitrogens with zero attached hydrogens (tertiary/aromatic N) is 4. The molecule has 1 fully saturated rings. The van der Waals surface area contributed by atoms with E-state index in [-0.39, 0.29) is 11.9 Å². The third kappa shape index (κ3) is 3.92. The number of carbonyl (C=O) groups excluding carboxylic acids is 1. The van der Waals surface area contributed by atoms with E-state index in [1.165, 1.54) is 0 Å². The first-order chi connectivity index (χ1) is 12.0. The summed E-state index contributed by atoms with van der Waals surface area (Å²) in [7, 11) is 0. The van der Waals surface area contributed by atoms with Crippen molar-refractivity contribution in [1.82, 2.24) is 19.9 Å². The van der Waals surface area contributed by atoms with Crippen LogP contribution in [0, 0.1) is 13.8 Å². The first-order valence-corrected chi connectivity index (χ1v) is 8.82. The molecule has 1 amide bonds. The topological polar surface area (TPSA) is 75.6 Å². The van der Waals surface area contributed by atoms with Crippen LogP contribution < -0.4 is 0 Å². The van der Waals surface area contributed by atoms with Gasteiger partial charge in [0.05, 0.1) is 18.4 Å². The van der Waals surface area contributed by atoms with Crippen molar-refractivity contribution < 1.29 is 13.7 Å². The minimum atomic E-state index is 0.0560. The number of aryl methyl sites for hydroxylation is 3. The molecule has 136 valence electrons. The molecule has 1 saturated heterocycles. The van der Waals surface area contributed by atoms with Crippen molar-refractivity contribution >= 4 is 5.91 Å². The number of rotatable bonds is 6. The normalized spacial score (nSPS) is 18.0. The lowest BCUT2D eigenvalue weighted by Gasteiger charge is -2.27. The van der Waals surface area contributed by atoms with Crippen LogP contribution in [0.5, 0.6) is 0 Å². The van der Waals surface area contributed by atoms with Crippen molar-refractivity contribution in [2.45, 2.75) is 59.7 Å². The second-order valence-corrected chi connectivity index (χ2v) is 6.70. The molecule has 7 heteroatoms. The van der Waals surface area contributed by atoms with Gasteiger partial charge in [0.25, 0.3) is 0 Å². The minimum absolute atomic E-state index is 0.0560. The highest BCUT2D eigenvalue weighted by Gasteiger charge is 2.31. The van der Waals surface area contributed by atoms with Gasteiger partial charge in [-0.1, -0.05) is 12.1 Å². The monoisotopic (exact) mass is 346 g/mol. The summed E-state index contributed by atoms with van der Waals surface area (Å²) in [6, 6.07) is 0.176. The molecule has 0 radical (unpaired) electrons. The Hall–Kier alpha value is -2.15. The largest absolute Gasteiger partial charge is 0.444 e. The van der Waals surface area contributed by atoms with Gasteiger partial charge >= 0.3 is 0 Å². The van der Waals surface area contributed by atoms with Crippen LogP contribution in [0.1, 0.15) is 48.9 Å². The van der Waals surface area contributed by atoms with E-state index in [0.29, 0.717) is 12.4 Å². The molecule has 3 rings (SSSR count). The lowest BCUT2D eigenvalue weighted by Crippen LogP contribution is -2.40. The Balaban J connectivity index is 1.64. The van der Waals surface area contributed by atoms with Crippen LogP contribution in [0.3, 0.4) is 0 Å². The van der Waals surface area contributed by atoms with Gasteiger partial charge in [0.1, 0.15) is 11.5 Å². The molecule has 1 aliphatic heterocycles. The SMILES string of the molecule is CCc1cnc(CN(C(C)=O)[C@H]2CCN(Cc3c(C)noc3C)C2)o1. The van der Waals surface area contributed by atoms with Gasteiger partial charge in [-0.3, -0.25) is 9.69 Å².